The van der Waals surface area contributed by atoms with Gasteiger partial charge in [-0.2, -0.15) is 0 Å². The van der Waals surface area contributed by atoms with Crippen molar-refractivity contribution in [1.29, 1.82) is 0 Å². The number of nitrogens with one attached hydrogen (secondary N) is 1. The van der Waals surface area contributed by atoms with Gasteiger partial charge in [0.2, 0.25) is 5.91 Å². The molecule has 0 aliphatic heterocycles. The molecule has 0 aromatic carbocycles. The third-order valence-corrected chi connectivity index (χ3v) is 2.76. The van der Waals surface area contributed by atoms with Gasteiger partial charge in [0.05, 0.1) is 5.54 Å². The molecular weight excluding hydrogens is 198 g/mol. The van der Waals surface area contributed by atoms with Crippen molar-refractivity contribution in [2.75, 3.05) is 5.32 Å². The number of nitrogens with zero attached hydrogens (tertiary/aromatic N) is 1. The van der Waals surface area contributed by atoms with Crippen LogP contribution in [-0.2, 0) is 11.2 Å². The summed E-state index contributed by atoms with van der Waals surface area (Å²) in [5, 5.41) is 3.30. The third-order valence-electron chi connectivity index (χ3n) is 1.71. The fraction of sp³-hybridized carbons (Fsp3) is 0.556. The number of amides is 1. The van der Waals surface area contributed by atoms with E-state index in [2.05, 4.69) is 10.3 Å². The minimum absolute atomic E-state index is 0.213. The summed E-state index contributed by atoms with van der Waals surface area (Å²) in [6.07, 6.45) is 2.70. The van der Waals surface area contributed by atoms with Crippen LogP contribution >= 0.6 is 11.3 Å². The van der Waals surface area contributed by atoms with Gasteiger partial charge >= 0.3 is 0 Å². The highest BCUT2D eigenvalue weighted by molar-refractivity contribution is 7.15. The van der Waals surface area contributed by atoms with Crippen LogP contribution in [0.1, 0.15) is 25.6 Å². The van der Waals surface area contributed by atoms with Crippen LogP contribution < -0.4 is 11.1 Å². The molecule has 1 rings (SSSR count). The lowest BCUT2D eigenvalue weighted by atomic mass is 10.1. The highest BCUT2D eigenvalue weighted by atomic mass is 32.1. The molecular formula is C9H15N3OS. The molecule has 0 spiro atoms. The van der Waals surface area contributed by atoms with Gasteiger partial charge in [-0.1, -0.05) is 6.92 Å². The summed E-state index contributed by atoms with van der Waals surface area (Å²) in [5.41, 5.74) is 4.77. The number of anilines is 1. The van der Waals surface area contributed by atoms with Crippen LogP contribution in [0.25, 0.3) is 0 Å². The molecule has 0 saturated heterocycles. The molecule has 0 saturated carbocycles. The number of hydrogen-bond donors (Lipinski definition) is 2. The first-order chi connectivity index (χ1) is 6.43. The zero-order valence-electron chi connectivity index (χ0n) is 8.63. The van der Waals surface area contributed by atoms with Crippen molar-refractivity contribution < 1.29 is 4.79 Å². The molecule has 14 heavy (non-hydrogen) atoms. The maximum Gasteiger partial charge on any atom is 0.245 e. The Kier molecular flexibility index (Phi) is 3.23. The zero-order valence-corrected chi connectivity index (χ0v) is 9.44. The molecule has 5 heteroatoms. The van der Waals surface area contributed by atoms with Gasteiger partial charge in [0.25, 0.3) is 0 Å². The molecule has 0 aliphatic rings. The molecule has 1 amide bonds. The lowest BCUT2D eigenvalue weighted by molar-refractivity contribution is -0.120. The minimum atomic E-state index is -0.863. The number of carbonyl (C=O) groups is 1. The van der Waals surface area contributed by atoms with E-state index in [-0.39, 0.29) is 5.91 Å². The molecule has 0 bridgehead atoms. The predicted octanol–water partition coefficient (Wildman–Crippen LogP) is 1.38. The fourth-order valence-electron chi connectivity index (χ4n) is 0.787. The molecule has 0 unspecified atom stereocenters. The van der Waals surface area contributed by atoms with E-state index in [9.17, 15) is 4.79 Å². The second-order valence-corrected chi connectivity index (χ2v) is 4.78. The second-order valence-electron chi connectivity index (χ2n) is 3.66. The molecule has 0 aliphatic carbocycles. The van der Waals surface area contributed by atoms with E-state index >= 15 is 0 Å². The van der Waals surface area contributed by atoms with Crippen molar-refractivity contribution in [3.8, 4) is 0 Å². The second kappa shape index (κ2) is 4.06. The maximum absolute atomic E-state index is 11.5. The highest BCUT2D eigenvalue weighted by Crippen LogP contribution is 2.18. The molecule has 3 N–H and O–H groups in total. The first-order valence-electron chi connectivity index (χ1n) is 4.48. The molecule has 0 radical (unpaired) electrons. The fourth-order valence-corrected chi connectivity index (χ4v) is 1.53. The van der Waals surface area contributed by atoms with E-state index in [0.717, 1.165) is 11.3 Å². The van der Waals surface area contributed by atoms with E-state index in [1.54, 1.807) is 20.0 Å². The molecule has 0 fully saturated rings. The largest absolute Gasteiger partial charge is 0.318 e. The average molecular weight is 213 g/mol. The first-order valence-corrected chi connectivity index (χ1v) is 5.30. The summed E-state index contributed by atoms with van der Waals surface area (Å²) in [7, 11) is 0. The normalized spacial score (nSPS) is 11.4. The SMILES string of the molecule is CCc1cnc(NC(=O)C(C)(C)N)s1. The van der Waals surface area contributed by atoms with E-state index in [0.29, 0.717) is 5.13 Å². The molecule has 1 heterocycles. The van der Waals surface area contributed by atoms with Crippen molar-refractivity contribution >= 4 is 22.4 Å². The van der Waals surface area contributed by atoms with Gasteiger partial charge in [-0.15, -0.1) is 11.3 Å². The minimum Gasteiger partial charge on any atom is -0.318 e. The van der Waals surface area contributed by atoms with Gasteiger partial charge < -0.3 is 11.1 Å². The Labute approximate surface area is 87.5 Å². The summed E-state index contributed by atoms with van der Waals surface area (Å²) >= 11 is 1.48. The standard InChI is InChI=1S/C9H15N3OS/c1-4-6-5-11-8(14-6)12-7(13)9(2,3)10/h5H,4,10H2,1-3H3,(H,11,12,13). The molecule has 1 aromatic rings. The number of aryl methyl sites for hydroxylation is 1. The van der Waals surface area contributed by atoms with Crippen LogP contribution in [-0.4, -0.2) is 16.4 Å². The average Bonchev–Trinajstić information content (AvgIpc) is 2.50. The topological polar surface area (TPSA) is 68.0 Å². The van der Waals surface area contributed by atoms with Gasteiger partial charge in [-0.25, -0.2) is 4.98 Å². The summed E-state index contributed by atoms with van der Waals surface area (Å²) in [5.74, 6) is -0.213. The maximum atomic E-state index is 11.5. The first kappa shape index (κ1) is 11.1. The number of nitrogens with two attached hydrogens (primary N) is 1. The van der Waals surface area contributed by atoms with Gasteiger partial charge in [0, 0.05) is 11.1 Å². The van der Waals surface area contributed by atoms with Crippen molar-refractivity contribution in [2.45, 2.75) is 32.7 Å². The van der Waals surface area contributed by atoms with E-state index in [1.165, 1.54) is 11.3 Å². The quantitative estimate of drug-likeness (QED) is 0.797. The Morgan fingerprint density at radius 3 is 2.79 bits per heavy atom. The Morgan fingerprint density at radius 1 is 1.71 bits per heavy atom. The van der Waals surface area contributed by atoms with Crippen LogP contribution in [0.15, 0.2) is 6.20 Å². The summed E-state index contributed by atoms with van der Waals surface area (Å²) in [4.78, 5) is 16.7. The smallest absolute Gasteiger partial charge is 0.245 e. The number of aromatic nitrogens is 1. The van der Waals surface area contributed by atoms with Crippen LogP contribution in [0.4, 0.5) is 5.13 Å². The van der Waals surface area contributed by atoms with Crippen molar-refractivity contribution in [3.05, 3.63) is 11.1 Å². The van der Waals surface area contributed by atoms with Crippen molar-refractivity contribution in [3.63, 3.8) is 0 Å². The summed E-state index contributed by atoms with van der Waals surface area (Å²) < 4.78 is 0. The predicted molar refractivity (Wildman–Crippen MR) is 58.4 cm³/mol. The number of carbonyl (C=O) groups excluding carboxylic acids is 1. The van der Waals surface area contributed by atoms with Gasteiger partial charge in [0.15, 0.2) is 5.13 Å². The highest BCUT2D eigenvalue weighted by Gasteiger charge is 2.22. The summed E-state index contributed by atoms with van der Waals surface area (Å²) in [6.45, 7) is 5.37. The van der Waals surface area contributed by atoms with Crippen molar-refractivity contribution in [1.82, 2.24) is 4.98 Å². The Bertz CT molecular complexity index is 327. The number of hydrogen-bond acceptors (Lipinski definition) is 4. The van der Waals surface area contributed by atoms with Gasteiger partial charge in [0.1, 0.15) is 0 Å². The Balaban J connectivity index is 2.65. The number of thiazole rings is 1. The molecule has 4 nitrogen and oxygen atoms in total. The van der Waals surface area contributed by atoms with Gasteiger partial charge in [-0.05, 0) is 20.3 Å². The van der Waals surface area contributed by atoms with Crippen LogP contribution in [0, 0.1) is 0 Å². The van der Waals surface area contributed by atoms with Gasteiger partial charge in [-0.3, -0.25) is 4.79 Å². The summed E-state index contributed by atoms with van der Waals surface area (Å²) in [6, 6.07) is 0. The van der Waals surface area contributed by atoms with E-state index in [4.69, 9.17) is 5.73 Å². The lowest BCUT2D eigenvalue weighted by Crippen LogP contribution is -2.45. The van der Waals surface area contributed by atoms with Crippen LogP contribution in [0.3, 0.4) is 0 Å². The molecule has 78 valence electrons. The number of rotatable bonds is 3. The molecule has 0 atom stereocenters. The molecule has 1 aromatic heterocycles. The Morgan fingerprint density at radius 2 is 2.36 bits per heavy atom. The van der Waals surface area contributed by atoms with Crippen LogP contribution in [0.5, 0.6) is 0 Å². The third kappa shape index (κ3) is 2.78. The van der Waals surface area contributed by atoms with Crippen LogP contribution in [0.2, 0.25) is 0 Å². The Hall–Kier alpha value is -0.940. The van der Waals surface area contributed by atoms with E-state index < -0.39 is 5.54 Å². The van der Waals surface area contributed by atoms with Crippen molar-refractivity contribution in [2.24, 2.45) is 5.73 Å². The monoisotopic (exact) mass is 213 g/mol. The lowest BCUT2D eigenvalue weighted by Gasteiger charge is -2.16. The zero-order chi connectivity index (χ0) is 10.8. The van der Waals surface area contributed by atoms with E-state index in [1.807, 2.05) is 6.92 Å².